The fraction of sp³-hybridized carbons (Fsp3) is 0.308. The van der Waals surface area contributed by atoms with Crippen LogP contribution in [0.1, 0.15) is 24.5 Å². The van der Waals surface area contributed by atoms with Gasteiger partial charge in [0, 0.05) is 6.54 Å². The van der Waals surface area contributed by atoms with Crippen LogP contribution >= 0.6 is 0 Å². The first-order chi connectivity index (χ1) is 7.69. The number of benzene rings is 1. The molecule has 86 valence electrons. The van der Waals surface area contributed by atoms with Crippen molar-refractivity contribution in [3.63, 3.8) is 0 Å². The molecule has 16 heavy (non-hydrogen) atoms. The summed E-state index contributed by atoms with van der Waals surface area (Å²) in [5.41, 5.74) is 2.10. The Morgan fingerprint density at radius 2 is 2.25 bits per heavy atom. The lowest BCUT2D eigenvalue weighted by Crippen LogP contribution is -2.35. The van der Waals surface area contributed by atoms with Gasteiger partial charge in [-0.2, -0.15) is 0 Å². The second kappa shape index (κ2) is 6.08. The van der Waals surface area contributed by atoms with E-state index in [-0.39, 0.29) is 0 Å². The second-order valence-electron chi connectivity index (χ2n) is 3.58. The van der Waals surface area contributed by atoms with Crippen molar-refractivity contribution in [3.05, 3.63) is 42.0 Å². The third kappa shape index (κ3) is 3.21. The molecule has 0 heterocycles. The van der Waals surface area contributed by atoms with Crippen molar-refractivity contribution in [1.82, 2.24) is 5.32 Å². The molecule has 0 saturated heterocycles. The highest BCUT2D eigenvalue weighted by molar-refractivity contribution is 5.73. The number of carbonyl (C=O) groups is 1. The van der Waals surface area contributed by atoms with Gasteiger partial charge in [0.1, 0.15) is 6.04 Å². The molecule has 0 spiro atoms. The van der Waals surface area contributed by atoms with Gasteiger partial charge in [0.05, 0.1) is 0 Å². The fourth-order valence-electron chi connectivity index (χ4n) is 1.53. The predicted octanol–water partition coefficient (Wildman–Crippen LogP) is 2.28. The molecule has 3 nitrogen and oxygen atoms in total. The number of nitrogens with one attached hydrogen (secondary N) is 1. The molecule has 1 atom stereocenters. The molecular weight excluding hydrogens is 202 g/mol. The van der Waals surface area contributed by atoms with Crippen molar-refractivity contribution in [3.8, 4) is 0 Å². The third-order valence-corrected chi connectivity index (χ3v) is 2.52. The van der Waals surface area contributed by atoms with Gasteiger partial charge in [-0.05, 0) is 17.5 Å². The molecule has 1 aromatic rings. The topological polar surface area (TPSA) is 49.3 Å². The van der Waals surface area contributed by atoms with Gasteiger partial charge in [0.25, 0.3) is 0 Å². The van der Waals surface area contributed by atoms with E-state index in [2.05, 4.69) is 11.9 Å². The number of hydrogen-bond donors (Lipinski definition) is 2. The van der Waals surface area contributed by atoms with Gasteiger partial charge in [0.15, 0.2) is 0 Å². The molecule has 0 aliphatic rings. The maximum Gasteiger partial charge on any atom is 0.320 e. The molecule has 3 heteroatoms. The van der Waals surface area contributed by atoms with Gasteiger partial charge < -0.3 is 10.4 Å². The fourth-order valence-corrected chi connectivity index (χ4v) is 1.53. The van der Waals surface area contributed by atoms with E-state index in [0.29, 0.717) is 13.0 Å². The average molecular weight is 219 g/mol. The molecular formula is C13H17NO2. The van der Waals surface area contributed by atoms with Crippen molar-refractivity contribution < 1.29 is 9.90 Å². The summed E-state index contributed by atoms with van der Waals surface area (Å²) in [6.45, 7) is 6.13. The number of aliphatic carboxylic acids is 1. The SMILES string of the molecule is C=Cc1ccccc1CNC(CC)C(=O)O. The summed E-state index contributed by atoms with van der Waals surface area (Å²) in [6.07, 6.45) is 2.35. The van der Waals surface area contributed by atoms with Gasteiger partial charge >= 0.3 is 5.97 Å². The van der Waals surface area contributed by atoms with E-state index in [4.69, 9.17) is 5.11 Å². The minimum absolute atomic E-state index is 0.488. The van der Waals surface area contributed by atoms with Crippen molar-refractivity contribution in [1.29, 1.82) is 0 Å². The van der Waals surface area contributed by atoms with Crippen LogP contribution in [0.5, 0.6) is 0 Å². The zero-order chi connectivity index (χ0) is 12.0. The number of carboxylic acid groups (broad SMARTS) is 1. The molecule has 2 N–H and O–H groups in total. The lowest BCUT2D eigenvalue weighted by atomic mass is 10.1. The van der Waals surface area contributed by atoms with Crippen LogP contribution in [0.25, 0.3) is 6.08 Å². The average Bonchev–Trinajstić information content (AvgIpc) is 2.30. The van der Waals surface area contributed by atoms with Crippen LogP contribution in [0.15, 0.2) is 30.8 Å². The van der Waals surface area contributed by atoms with Crippen LogP contribution in [0.2, 0.25) is 0 Å². The molecule has 1 rings (SSSR count). The van der Waals surface area contributed by atoms with Crippen LogP contribution in [0.4, 0.5) is 0 Å². The Morgan fingerprint density at radius 3 is 2.81 bits per heavy atom. The van der Waals surface area contributed by atoms with E-state index >= 15 is 0 Å². The van der Waals surface area contributed by atoms with Gasteiger partial charge in [0.2, 0.25) is 0 Å². The zero-order valence-electron chi connectivity index (χ0n) is 9.44. The van der Waals surface area contributed by atoms with Crippen LogP contribution in [0, 0.1) is 0 Å². The molecule has 0 aliphatic carbocycles. The summed E-state index contributed by atoms with van der Waals surface area (Å²) in [6, 6.07) is 7.32. The van der Waals surface area contributed by atoms with Gasteiger partial charge in [-0.15, -0.1) is 0 Å². The lowest BCUT2D eigenvalue weighted by Gasteiger charge is -2.13. The Balaban J connectivity index is 2.66. The number of hydrogen-bond acceptors (Lipinski definition) is 2. The highest BCUT2D eigenvalue weighted by Gasteiger charge is 2.13. The quantitative estimate of drug-likeness (QED) is 0.771. The minimum atomic E-state index is -0.807. The van der Waals surface area contributed by atoms with Gasteiger partial charge in [-0.25, -0.2) is 0 Å². The molecule has 0 amide bonds. The van der Waals surface area contributed by atoms with E-state index in [9.17, 15) is 4.79 Å². The molecule has 0 bridgehead atoms. The normalized spacial score (nSPS) is 12.1. The summed E-state index contributed by atoms with van der Waals surface area (Å²) in [5, 5.41) is 11.9. The summed E-state index contributed by atoms with van der Waals surface area (Å²) < 4.78 is 0. The minimum Gasteiger partial charge on any atom is -0.480 e. The van der Waals surface area contributed by atoms with E-state index in [0.717, 1.165) is 11.1 Å². The van der Waals surface area contributed by atoms with Crippen LogP contribution in [-0.4, -0.2) is 17.1 Å². The second-order valence-corrected chi connectivity index (χ2v) is 3.58. The van der Waals surface area contributed by atoms with Crippen LogP contribution < -0.4 is 5.32 Å². The van der Waals surface area contributed by atoms with Gasteiger partial charge in [-0.1, -0.05) is 43.8 Å². The Morgan fingerprint density at radius 1 is 1.56 bits per heavy atom. The van der Waals surface area contributed by atoms with Crippen LogP contribution in [0.3, 0.4) is 0 Å². The lowest BCUT2D eigenvalue weighted by molar-refractivity contribution is -0.139. The summed E-state index contributed by atoms with van der Waals surface area (Å²) in [7, 11) is 0. The Labute approximate surface area is 95.8 Å². The summed E-state index contributed by atoms with van der Waals surface area (Å²) in [4.78, 5) is 10.8. The monoisotopic (exact) mass is 219 g/mol. The van der Waals surface area contributed by atoms with Crippen molar-refractivity contribution in [2.24, 2.45) is 0 Å². The molecule has 0 fully saturated rings. The van der Waals surface area contributed by atoms with Crippen LogP contribution in [-0.2, 0) is 11.3 Å². The van der Waals surface area contributed by atoms with E-state index in [1.807, 2.05) is 31.2 Å². The third-order valence-electron chi connectivity index (χ3n) is 2.52. The molecule has 0 saturated carbocycles. The Hall–Kier alpha value is -1.61. The maximum absolute atomic E-state index is 10.8. The highest BCUT2D eigenvalue weighted by atomic mass is 16.4. The largest absolute Gasteiger partial charge is 0.480 e. The molecule has 1 aromatic carbocycles. The number of rotatable bonds is 6. The Kier molecular flexibility index (Phi) is 4.73. The van der Waals surface area contributed by atoms with Crippen molar-refractivity contribution in [2.75, 3.05) is 0 Å². The van der Waals surface area contributed by atoms with Gasteiger partial charge in [-0.3, -0.25) is 4.79 Å². The summed E-state index contributed by atoms with van der Waals surface area (Å²) in [5.74, 6) is -0.807. The summed E-state index contributed by atoms with van der Waals surface area (Å²) >= 11 is 0. The molecule has 0 aromatic heterocycles. The first-order valence-corrected chi connectivity index (χ1v) is 5.35. The van der Waals surface area contributed by atoms with E-state index in [1.54, 1.807) is 6.08 Å². The smallest absolute Gasteiger partial charge is 0.320 e. The first kappa shape index (κ1) is 12.5. The van der Waals surface area contributed by atoms with E-state index in [1.165, 1.54) is 0 Å². The van der Waals surface area contributed by atoms with E-state index < -0.39 is 12.0 Å². The molecule has 0 radical (unpaired) electrons. The zero-order valence-corrected chi connectivity index (χ0v) is 9.44. The number of carboxylic acids is 1. The molecule has 1 unspecified atom stereocenters. The van der Waals surface area contributed by atoms with Crippen molar-refractivity contribution in [2.45, 2.75) is 25.9 Å². The predicted molar refractivity (Wildman–Crippen MR) is 65.1 cm³/mol. The maximum atomic E-state index is 10.8. The molecule has 0 aliphatic heterocycles. The van der Waals surface area contributed by atoms with Crippen molar-refractivity contribution >= 4 is 12.0 Å². The first-order valence-electron chi connectivity index (χ1n) is 5.35. The highest BCUT2D eigenvalue weighted by Crippen LogP contribution is 2.10. The Bertz CT molecular complexity index is 374. The standard InChI is InChI=1S/C13H17NO2/c1-3-10-7-5-6-8-11(10)9-14-12(4-2)13(15)16/h3,5-8,12,14H,1,4,9H2,2H3,(H,15,16).